The highest BCUT2D eigenvalue weighted by atomic mass is 28.4. The Labute approximate surface area is 263 Å². The number of nitrogens with zero attached hydrogens (tertiary/aromatic N) is 1. The van der Waals surface area contributed by atoms with Crippen molar-refractivity contribution in [1.29, 1.82) is 0 Å². The summed E-state index contributed by atoms with van der Waals surface area (Å²) in [6.07, 6.45) is -1.30. The van der Waals surface area contributed by atoms with E-state index in [2.05, 4.69) is 45.0 Å². The van der Waals surface area contributed by atoms with E-state index in [1.54, 1.807) is 24.3 Å². The van der Waals surface area contributed by atoms with Gasteiger partial charge in [-0.2, -0.15) is 4.90 Å². The molecule has 3 aromatic carbocycles. The molecule has 1 aliphatic carbocycles. The van der Waals surface area contributed by atoms with Crippen molar-refractivity contribution < 1.29 is 38.5 Å². The first kappa shape index (κ1) is 31.2. The van der Waals surface area contributed by atoms with Crippen molar-refractivity contribution in [3.63, 3.8) is 0 Å². The molecule has 2 aliphatic heterocycles. The lowest BCUT2D eigenvalue weighted by Crippen LogP contribution is -2.67. The van der Waals surface area contributed by atoms with Crippen LogP contribution < -0.4 is 10.4 Å². The van der Waals surface area contributed by atoms with Gasteiger partial charge in [0.25, 0.3) is 8.32 Å². The van der Waals surface area contributed by atoms with Crippen LogP contribution in [-0.2, 0) is 23.5 Å². The Morgan fingerprint density at radius 1 is 0.933 bits per heavy atom. The van der Waals surface area contributed by atoms with Gasteiger partial charge < -0.3 is 24.1 Å². The lowest BCUT2D eigenvalue weighted by molar-refractivity contribution is -0.273. The fraction of sp³-hybridized carbons (Fsp3) is 0.400. The normalized spacial score (nSPS) is 28.1. The van der Waals surface area contributed by atoms with Gasteiger partial charge in [0, 0.05) is 18.4 Å². The number of hydrogen-bond donors (Lipinski definition) is 2. The molecule has 10 heteroatoms. The number of ether oxygens (including phenoxy) is 2. The number of fused-ring (bicyclic) bond motifs is 3. The molecule has 3 amide bonds. The summed E-state index contributed by atoms with van der Waals surface area (Å²) in [5, 5.41) is 24.2. The molecule has 3 fully saturated rings. The lowest BCUT2D eigenvalue weighted by atomic mass is 9.64. The van der Waals surface area contributed by atoms with Crippen LogP contribution in [0.4, 0.5) is 4.79 Å². The highest BCUT2D eigenvalue weighted by Gasteiger charge is 2.68. The lowest BCUT2D eigenvalue weighted by Gasteiger charge is -2.48. The van der Waals surface area contributed by atoms with Crippen LogP contribution >= 0.6 is 0 Å². The average Bonchev–Trinajstić information content (AvgIpc) is 3.51. The molecule has 0 aromatic heterocycles. The molecule has 45 heavy (non-hydrogen) atoms. The molecule has 0 unspecified atom stereocenters. The SMILES string of the molecule is COC(=O)N1C(=O)[C@H]2[C@H](C[C@H](CO[Si](c3ccccc3)(c3ccccc3)C(C)(C)C)[C@@]3(O)O[C@H](c4ccc(O)cc4)C[C@@H]23)C1=O. The van der Waals surface area contributed by atoms with Crippen LogP contribution in [0.25, 0.3) is 0 Å². The number of aliphatic hydroxyl groups is 1. The molecule has 0 spiro atoms. The van der Waals surface area contributed by atoms with Gasteiger partial charge >= 0.3 is 6.09 Å². The summed E-state index contributed by atoms with van der Waals surface area (Å²) in [5.74, 6) is -6.30. The number of phenolic OH excluding ortho intramolecular Hbond substituents is 1. The van der Waals surface area contributed by atoms with Gasteiger partial charge in [-0.25, -0.2) is 4.79 Å². The van der Waals surface area contributed by atoms with Gasteiger partial charge in [0.1, 0.15) is 5.75 Å². The van der Waals surface area contributed by atoms with E-state index in [1.807, 2.05) is 36.4 Å². The minimum absolute atomic E-state index is 0.0610. The predicted octanol–water partition coefficient (Wildman–Crippen LogP) is 4.12. The average molecular weight is 630 g/mol. The summed E-state index contributed by atoms with van der Waals surface area (Å²) in [5.41, 5.74) is 0.723. The van der Waals surface area contributed by atoms with Crippen molar-refractivity contribution in [3.05, 3.63) is 90.5 Å². The summed E-state index contributed by atoms with van der Waals surface area (Å²) >= 11 is 0. The monoisotopic (exact) mass is 629 g/mol. The molecule has 2 N–H and O–H groups in total. The molecule has 0 radical (unpaired) electrons. The van der Waals surface area contributed by atoms with E-state index in [-0.39, 0.29) is 30.2 Å². The topological polar surface area (TPSA) is 123 Å². The number of benzene rings is 3. The second-order valence-corrected chi connectivity index (χ2v) is 17.6. The third-order valence-electron chi connectivity index (χ3n) is 9.90. The van der Waals surface area contributed by atoms with Crippen LogP contribution in [-0.4, -0.2) is 60.8 Å². The Hall–Kier alpha value is -3.83. The number of likely N-dealkylation sites (tertiary alicyclic amines) is 1. The van der Waals surface area contributed by atoms with Crippen LogP contribution in [0.2, 0.25) is 5.04 Å². The highest BCUT2D eigenvalue weighted by Crippen LogP contribution is 2.58. The van der Waals surface area contributed by atoms with Crippen molar-refractivity contribution in [3.8, 4) is 5.75 Å². The van der Waals surface area contributed by atoms with Crippen molar-refractivity contribution in [2.24, 2.45) is 23.7 Å². The standard InChI is InChI=1S/C35H39NO8Si/c1-34(2,3)45(25-11-7-5-8-12-25,26-13-9-6-10-14-26)43-21-23-19-27-30(32(39)36(31(27)38)33(40)42-4)28-20-29(44-35(23,28)41)22-15-17-24(37)18-16-22/h5-18,23,27-30,37,41H,19-21H2,1-4H3/t23-,27+,28+,29+,30+,35-/m1/s1. The molecule has 9 nitrogen and oxygen atoms in total. The number of aromatic hydroxyl groups is 1. The van der Waals surface area contributed by atoms with Crippen molar-refractivity contribution in [2.45, 2.75) is 50.5 Å². The van der Waals surface area contributed by atoms with Crippen molar-refractivity contribution >= 4 is 36.6 Å². The van der Waals surface area contributed by atoms with Gasteiger partial charge in [0.2, 0.25) is 11.8 Å². The van der Waals surface area contributed by atoms with Gasteiger partial charge in [0.15, 0.2) is 5.79 Å². The maximum absolute atomic E-state index is 13.6. The Morgan fingerprint density at radius 2 is 1.51 bits per heavy atom. The third kappa shape index (κ3) is 5.00. The second kappa shape index (κ2) is 11.5. The molecular formula is C35H39NO8Si. The number of phenols is 1. The Balaban J connectivity index is 1.42. The molecular weight excluding hydrogens is 590 g/mol. The summed E-state index contributed by atoms with van der Waals surface area (Å²) < 4.78 is 18.5. The van der Waals surface area contributed by atoms with Gasteiger partial charge in [-0.1, -0.05) is 93.6 Å². The maximum Gasteiger partial charge on any atom is 0.423 e. The van der Waals surface area contributed by atoms with E-state index in [0.717, 1.165) is 23.0 Å². The first-order chi connectivity index (χ1) is 21.4. The van der Waals surface area contributed by atoms with Gasteiger partial charge in [-0.05, 0) is 45.9 Å². The molecule has 6 rings (SSSR count). The zero-order chi connectivity index (χ0) is 32.1. The highest BCUT2D eigenvalue weighted by molar-refractivity contribution is 6.99. The summed E-state index contributed by atoms with van der Waals surface area (Å²) in [7, 11) is -1.90. The first-order valence-electron chi connectivity index (χ1n) is 15.3. The van der Waals surface area contributed by atoms with Gasteiger partial charge in [-0.15, -0.1) is 0 Å². The molecule has 6 atom stereocenters. The minimum atomic E-state index is -3.03. The molecule has 3 aliphatic rings. The molecule has 0 bridgehead atoms. The van der Waals surface area contributed by atoms with Crippen LogP contribution in [0, 0.1) is 23.7 Å². The molecule has 2 heterocycles. The third-order valence-corrected chi connectivity index (χ3v) is 14.9. The number of amides is 3. The Bertz CT molecular complexity index is 1540. The van der Waals surface area contributed by atoms with Crippen molar-refractivity contribution in [2.75, 3.05) is 13.7 Å². The van der Waals surface area contributed by atoms with E-state index < -0.39 is 61.8 Å². The number of imide groups is 3. The minimum Gasteiger partial charge on any atom is -0.508 e. The quantitative estimate of drug-likeness (QED) is 0.309. The predicted molar refractivity (Wildman–Crippen MR) is 168 cm³/mol. The zero-order valence-corrected chi connectivity index (χ0v) is 26.9. The van der Waals surface area contributed by atoms with Gasteiger partial charge in [0.05, 0.1) is 25.0 Å². The Kier molecular flexibility index (Phi) is 7.97. The van der Waals surface area contributed by atoms with Gasteiger partial charge in [-0.3, -0.25) is 9.59 Å². The van der Waals surface area contributed by atoms with Crippen LogP contribution in [0.15, 0.2) is 84.9 Å². The number of rotatable bonds is 6. The fourth-order valence-corrected chi connectivity index (χ4v) is 12.4. The maximum atomic E-state index is 13.6. The number of methoxy groups -OCH3 is 1. The van der Waals surface area contributed by atoms with E-state index in [1.165, 1.54) is 0 Å². The van der Waals surface area contributed by atoms with Crippen LogP contribution in [0.3, 0.4) is 0 Å². The molecule has 1 saturated carbocycles. The van der Waals surface area contributed by atoms with Crippen LogP contribution in [0.5, 0.6) is 5.75 Å². The second-order valence-electron chi connectivity index (χ2n) is 13.3. The number of carbonyl (C=O) groups excluding carboxylic acids is 3. The number of carbonyl (C=O) groups is 3. The smallest absolute Gasteiger partial charge is 0.423 e. The fourth-order valence-electron chi connectivity index (χ4n) is 7.83. The first-order valence-corrected chi connectivity index (χ1v) is 17.2. The summed E-state index contributed by atoms with van der Waals surface area (Å²) in [6, 6.07) is 26.8. The zero-order valence-electron chi connectivity index (χ0n) is 25.9. The van der Waals surface area contributed by atoms with E-state index in [4.69, 9.17) is 13.9 Å². The summed E-state index contributed by atoms with van der Waals surface area (Å²) in [4.78, 5) is 40.4. The van der Waals surface area contributed by atoms with Crippen LogP contribution in [0.1, 0.15) is 45.3 Å². The molecule has 2 saturated heterocycles. The van der Waals surface area contributed by atoms with E-state index in [9.17, 15) is 24.6 Å². The number of hydrogen-bond acceptors (Lipinski definition) is 8. The summed E-state index contributed by atoms with van der Waals surface area (Å²) in [6.45, 7) is 6.54. The van der Waals surface area contributed by atoms with E-state index >= 15 is 0 Å². The molecule has 3 aromatic rings. The molecule has 236 valence electrons. The Morgan fingerprint density at radius 3 is 2.04 bits per heavy atom. The van der Waals surface area contributed by atoms with E-state index in [0.29, 0.717) is 4.90 Å². The van der Waals surface area contributed by atoms with Crippen molar-refractivity contribution in [1.82, 2.24) is 4.90 Å². The largest absolute Gasteiger partial charge is 0.508 e.